The van der Waals surface area contributed by atoms with Crippen LogP contribution < -0.4 is 5.73 Å². The lowest BCUT2D eigenvalue weighted by Gasteiger charge is -2.29. The predicted molar refractivity (Wildman–Crippen MR) is 102 cm³/mol. The van der Waals surface area contributed by atoms with Gasteiger partial charge in [0.05, 0.1) is 17.1 Å². The van der Waals surface area contributed by atoms with E-state index < -0.39 is 18.2 Å². The zero-order valence-corrected chi connectivity index (χ0v) is 16.0. The Bertz CT molecular complexity index is 1080. The van der Waals surface area contributed by atoms with Gasteiger partial charge in [-0.05, 0) is 30.3 Å². The summed E-state index contributed by atoms with van der Waals surface area (Å²) in [4.78, 5) is 8.83. The molecule has 4 rings (SSSR count). The second-order valence-corrected chi connectivity index (χ2v) is 7.28. The fraction of sp³-hybridized carbons (Fsp3) is 0.167. The van der Waals surface area contributed by atoms with Gasteiger partial charge >= 0.3 is 6.18 Å². The van der Waals surface area contributed by atoms with Crippen molar-refractivity contribution in [3.63, 3.8) is 0 Å². The number of halogens is 5. The molecule has 2 heterocycles. The Balaban J connectivity index is 1.71. The van der Waals surface area contributed by atoms with Gasteiger partial charge in [0, 0.05) is 27.6 Å². The Morgan fingerprint density at radius 1 is 1.10 bits per heavy atom. The number of alkyl halides is 3. The molecule has 11 heteroatoms. The van der Waals surface area contributed by atoms with E-state index in [1.54, 1.807) is 12.1 Å². The standard InChI is InChI=1S/C18H12Cl2F3N5O/c19-12-4-11(5-13(20)6-12)17(18(21,22)23)7-15(27-29-17)10-1-2-16(14(24)3-10)28-9-25-8-26-28/h1-6,8-9H,7,24H2. The van der Waals surface area contributed by atoms with Crippen molar-refractivity contribution < 1.29 is 18.0 Å². The third kappa shape index (κ3) is 3.40. The maximum absolute atomic E-state index is 14.1. The van der Waals surface area contributed by atoms with Crippen LogP contribution in [-0.2, 0) is 10.4 Å². The van der Waals surface area contributed by atoms with Crippen LogP contribution in [0.1, 0.15) is 17.5 Å². The Hall–Kier alpha value is -2.78. The smallest absolute Gasteiger partial charge is 0.397 e. The summed E-state index contributed by atoms with van der Waals surface area (Å²) in [6, 6.07) is 8.40. The minimum atomic E-state index is -4.77. The number of nitrogens with two attached hydrogens (primary N) is 1. The normalized spacial score (nSPS) is 19.1. The molecule has 29 heavy (non-hydrogen) atoms. The van der Waals surface area contributed by atoms with Gasteiger partial charge in [0.1, 0.15) is 12.7 Å². The lowest BCUT2D eigenvalue weighted by atomic mass is 9.86. The predicted octanol–water partition coefficient (Wildman–Crippen LogP) is 4.74. The quantitative estimate of drug-likeness (QED) is 0.595. The monoisotopic (exact) mass is 441 g/mol. The van der Waals surface area contributed by atoms with E-state index in [-0.39, 0.29) is 21.3 Å². The first kappa shape index (κ1) is 19.5. The molecule has 150 valence electrons. The summed E-state index contributed by atoms with van der Waals surface area (Å²) in [5.74, 6) is 0. The van der Waals surface area contributed by atoms with Gasteiger partial charge in [-0.25, -0.2) is 9.67 Å². The fourth-order valence-corrected chi connectivity index (χ4v) is 3.65. The van der Waals surface area contributed by atoms with Gasteiger partial charge in [-0.1, -0.05) is 34.4 Å². The third-order valence-corrected chi connectivity index (χ3v) is 4.98. The summed E-state index contributed by atoms with van der Waals surface area (Å²) < 4.78 is 43.6. The van der Waals surface area contributed by atoms with E-state index in [9.17, 15) is 13.2 Å². The molecule has 0 saturated carbocycles. The topological polar surface area (TPSA) is 78.3 Å². The maximum Gasteiger partial charge on any atom is 0.435 e. The van der Waals surface area contributed by atoms with Crippen LogP contribution in [-0.4, -0.2) is 26.7 Å². The lowest BCUT2D eigenvalue weighted by Crippen LogP contribution is -2.42. The highest BCUT2D eigenvalue weighted by Gasteiger charge is 2.62. The van der Waals surface area contributed by atoms with E-state index in [0.29, 0.717) is 16.9 Å². The summed E-state index contributed by atoms with van der Waals surface area (Å²) >= 11 is 11.8. The number of hydrogen-bond donors (Lipinski definition) is 1. The second-order valence-electron chi connectivity index (χ2n) is 6.40. The zero-order valence-electron chi connectivity index (χ0n) is 14.5. The molecule has 0 fully saturated rings. The molecule has 1 unspecified atom stereocenters. The first-order valence-electron chi connectivity index (χ1n) is 8.23. The molecular formula is C18H12Cl2F3N5O. The highest BCUT2D eigenvalue weighted by molar-refractivity contribution is 6.34. The number of nitrogen functional groups attached to an aromatic ring is 1. The molecule has 6 nitrogen and oxygen atoms in total. The van der Waals surface area contributed by atoms with Crippen molar-refractivity contribution in [3.8, 4) is 5.69 Å². The molecule has 0 amide bonds. The highest BCUT2D eigenvalue weighted by atomic mass is 35.5. The second kappa shape index (κ2) is 6.93. The van der Waals surface area contributed by atoms with E-state index in [4.69, 9.17) is 33.8 Å². The average molecular weight is 442 g/mol. The first-order valence-corrected chi connectivity index (χ1v) is 8.98. The van der Waals surface area contributed by atoms with E-state index in [1.165, 1.54) is 41.6 Å². The first-order chi connectivity index (χ1) is 13.7. The van der Waals surface area contributed by atoms with Crippen LogP contribution in [0, 0.1) is 0 Å². The number of rotatable bonds is 3. The Labute approximate surface area is 172 Å². The minimum absolute atomic E-state index is 0.0644. The minimum Gasteiger partial charge on any atom is -0.397 e. The van der Waals surface area contributed by atoms with E-state index >= 15 is 0 Å². The third-order valence-electron chi connectivity index (χ3n) is 4.54. The summed E-state index contributed by atoms with van der Waals surface area (Å²) in [6.45, 7) is 0. The number of benzene rings is 2. The van der Waals surface area contributed by atoms with Gasteiger partial charge in [-0.15, -0.1) is 0 Å². The van der Waals surface area contributed by atoms with Crippen molar-refractivity contribution in [1.29, 1.82) is 0 Å². The molecule has 0 aliphatic carbocycles. The Kier molecular flexibility index (Phi) is 4.66. The van der Waals surface area contributed by atoms with E-state index in [0.717, 1.165) is 0 Å². The zero-order chi connectivity index (χ0) is 20.8. The largest absolute Gasteiger partial charge is 0.435 e. The van der Waals surface area contributed by atoms with Crippen LogP contribution in [0.25, 0.3) is 5.69 Å². The number of oxime groups is 1. The van der Waals surface area contributed by atoms with Gasteiger partial charge in [0.2, 0.25) is 0 Å². The van der Waals surface area contributed by atoms with Gasteiger partial charge in [-0.2, -0.15) is 18.3 Å². The number of anilines is 1. The van der Waals surface area contributed by atoms with Gasteiger partial charge in [0.15, 0.2) is 0 Å². The van der Waals surface area contributed by atoms with Crippen LogP contribution in [0.4, 0.5) is 18.9 Å². The van der Waals surface area contributed by atoms with Crippen molar-refractivity contribution in [1.82, 2.24) is 14.8 Å². The highest BCUT2D eigenvalue weighted by Crippen LogP contribution is 2.49. The molecule has 0 bridgehead atoms. The van der Waals surface area contributed by atoms with Gasteiger partial charge in [-0.3, -0.25) is 0 Å². The van der Waals surface area contributed by atoms with Crippen LogP contribution in [0.15, 0.2) is 54.2 Å². The lowest BCUT2D eigenvalue weighted by molar-refractivity contribution is -0.275. The van der Waals surface area contributed by atoms with Crippen LogP contribution >= 0.6 is 23.2 Å². The summed E-state index contributed by atoms with van der Waals surface area (Å²) in [5.41, 5.74) is 4.44. The van der Waals surface area contributed by atoms with Crippen molar-refractivity contribution in [3.05, 3.63) is 70.2 Å². The number of hydrogen-bond acceptors (Lipinski definition) is 5. The SMILES string of the molecule is Nc1cc(C2=NOC(c3cc(Cl)cc(Cl)c3)(C(F)(F)F)C2)ccc1-n1cncn1. The molecule has 0 spiro atoms. The molecule has 2 N–H and O–H groups in total. The van der Waals surface area contributed by atoms with Gasteiger partial charge in [0.25, 0.3) is 5.60 Å². The molecule has 2 aromatic carbocycles. The van der Waals surface area contributed by atoms with Crippen molar-refractivity contribution in [2.24, 2.45) is 5.16 Å². The summed E-state index contributed by atoms with van der Waals surface area (Å²) in [6.07, 6.45) is -2.52. The molecule has 1 aliphatic rings. The van der Waals surface area contributed by atoms with Crippen molar-refractivity contribution in [2.75, 3.05) is 5.73 Å². The molecule has 1 atom stereocenters. The average Bonchev–Trinajstić information content (AvgIpc) is 3.31. The molecule has 0 saturated heterocycles. The van der Waals surface area contributed by atoms with Gasteiger partial charge < -0.3 is 10.6 Å². The molecule has 0 radical (unpaired) electrons. The molecule has 3 aromatic rings. The van der Waals surface area contributed by atoms with Crippen LogP contribution in [0.3, 0.4) is 0 Å². The number of aromatic nitrogens is 3. The van der Waals surface area contributed by atoms with E-state index in [1.807, 2.05) is 0 Å². The van der Waals surface area contributed by atoms with E-state index in [2.05, 4.69) is 15.2 Å². The number of nitrogens with zero attached hydrogens (tertiary/aromatic N) is 4. The summed E-state index contributed by atoms with van der Waals surface area (Å²) in [5, 5.41) is 7.83. The van der Waals surface area contributed by atoms with Crippen molar-refractivity contribution >= 4 is 34.6 Å². The van der Waals surface area contributed by atoms with Crippen molar-refractivity contribution in [2.45, 2.75) is 18.2 Å². The summed E-state index contributed by atoms with van der Waals surface area (Å²) in [7, 11) is 0. The molecule has 1 aliphatic heterocycles. The maximum atomic E-state index is 14.1. The molecular weight excluding hydrogens is 430 g/mol. The Morgan fingerprint density at radius 3 is 2.41 bits per heavy atom. The van der Waals surface area contributed by atoms with Crippen LogP contribution in [0.2, 0.25) is 10.0 Å². The van der Waals surface area contributed by atoms with Crippen LogP contribution in [0.5, 0.6) is 0 Å². The molecule has 1 aromatic heterocycles. The fourth-order valence-electron chi connectivity index (χ4n) is 3.12. The Morgan fingerprint density at radius 2 is 1.83 bits per heavy atom.